The van der Waals surface area contributed by atoms with Crippen molar-refractivity contribution < 1.29 is 19.4 Å². The van der Waals surface area contributed by atoms with Crippen molar-refractivity contribution in [3.63, 3.8) is 0 Å². The zero-order valence-corrected chi connectivity index (χ0v) is 17.2. The van der Waals surface area contributed by atoms with Crippen LogP contribution in [0.5, 0.6) is 0 Å². The van der Waals surface area contributed by atoms with Crippen LogP contribution < -0.4 is 5.73 Å². The van der Waals surface area contributed by atoms with Crippen molar-refractivity contribution in [2.24, 2.45) is 5.73 Å². The number of rotatable bonds is 8. The fraction of sp³-hybridized carbons (Fsp3) is 0.231. The summed E-state index contributed by atoms with van der Waals surface area (Å²) in [5.74, 6) is -2.40. The number of carboxylic acid groups (broad SMARTS) is 1. The van der Waals surface area contributed by atoms with E-state index in [1.807, 2.05) is 78.9 Å². The summed E-state index contributed by atoms with van der Waals surface area (Å²) >= 11 is 0. The third-order valence-electron chi connectivity index (χ3n) is 5.97. The lowest BCUT2D eigenvalue weighted by molar-refractivity contribution is -0.161. The van der Waals surface area contributed by atoms with Gasteiger partial charge < -0.3 is 15.6 Å². The van der Waals surface area contributed by atoms with E-state index in [0.29, 0.717) is 12.8 Å². The van der Waals surface area contributed by atoms with Crippen LogP contribution in [0.1, 0.15) is 35.4 Å². The SMILES string of the molecule is NC(CCCc1ccccc1)(C(=O)O)C(=O)OCC1c2ccccc2-c2ccccc21. The van der Waals surface area contributed by atoms with E-state index in [2.05, 4.69) is 0 Å². The molecule has 0 radical (unpaired) electrons. The molecule has 0 fully saturated rings. The molecule has 1 atom stereocenters. The lowest BCUT2D eigenvalue weighted by Gasteiger charge is -2.24. The molecule has 0 saturated carbocycles. The van der Waals surface area contributed by atoms with Crippen LogP contribution in [0.3, 0.4) is 0 Å². The first kappa shape index (κ1) is 20.8. The van der Waals surface area contributed by atoms with Gasteiger partial charge in [0.2, 0.25) is 5.54 Å². The van der Waals surface area contributed by atoms with Gasteiger partial charge in [0, 0.05) is 5.92 Å². The van der Waals surface area contributed by atoms with Crippen molar-refractivity contribution in [3.05, 3.63) is 95.6 Å². The average molecular weight is 415 g/mol. The number of hydrogen-bond acceptors (Lipinski definition) is 4. The molecule has 1 aliphatic rings. The Morgan fingerprint density at radius 3 is 2.00 bits per heavy atom. The van der Waals surface area contributed by atoms with Gasteiger partial charge in [0.05, 0.1) is 0 Å². The first-order valence-electron chi connectivity index (χ1n) is 10.4. The second-order valence-electron chi connectivity index (χ2n) is 7.94. The average Bonchev–Trinajstić information content (AvgIpc) is 3.11. The predicted molar refractivity (Wildman–Crippen MR) is 119 cm³/mol. The standard InChI is InChI=1S/C26H25NO4/c27-26(24(28)29,16-8-11-18-9-2-1-3-10-18)25(30)31-17-23-21-14-6-4-12-19(21)20-13-5-7-15-22(20)23/h1-7,9-10,12-15,23H,8,11,16-17,27H2,(H,28,29). The highest BCUT2D eigenvalue weighted by Gasteiger charge is 2.44. The normalized spacial score (nSPS) is 14.4. The third-order valence-corrected chi connectivity index (χ3v) is 5.97. The Bertz CT molecular complexity index is 1050. The Kier molecular flexibility index (Phi) is 5.87. The van der Waals surface area contributed by atoms with Crippen LogP contribution in [0.4, 0.5) is 0 Å². The molecule has 0 amide bonds. The number of carboxylic acids is 1. The van der Waals surface area contributed by atoms with Gasteiger partial charge in [0.25, 0.3) is 0 Å². The van der Waals surface area contributed by atoms with E-state index in [-0.39, 0.29) is 18.9 Å². The van der Waals surface area contributed by atoms with Crippen LogP contribution in [0.15, 0.2) is 78.9 Å². The lowest BCUT2D eigenvalue weighted by Crippen LogP contribution is -2.56. The van der Waals surface area contributed by atoms with Crippen molar-refractivity contribution in [3.8, 4) is 11.1 Å². The zero-order chi connectivity index (χ0) is 21.8. The Labute approximate surface area is 181 Å². The molecule has 5 nitrogen and oxygen atoms in total. The molecule has 5 heteroatoms. The van der Waals surface area contributed by atoms with E-state index < -0.39 is 17.5 Å². The summed E-state index contributed by atoms with van der Waals surface area (Å²) in [6.07, 6.45) is 1.12. The van der Waals surface area contributed by atoms with Gasteiger partial charge in [0.1, 0.15) is 6.61 Å². The maximum atomic E-state index is 12.8. The first-order valence-corrected chi connectivity index (χ1v) is 10.4. The molecule has 158 valence electrons. The number of aliphatic carboxylic acids is 1. The van der Waals surface area contributed by atoms with E-state index in [0.717, 1.165) is 27.8 Å². The van der Waals surface area contributed by atoms with Crippen molar-refractivity contribution >= 4 is 11.9 Å². The smallest absolute Gasteiger partial charge is 0.337 e. The van der Waals surface area contributed by atoms with Gasteiger partial charge >= 0.3 is 11.9 Å². The largest absolute Gasteiger partial charge is 0.479 e. The molecule has 3 aromatic rings. The third kappa shape index (κ3) is 4.09. The van der Waals surface area contributed by atoms with E-state index in [9.17, 15) is 14.7 Å². The molecule has 0 bridgehead atoms. The maximum absolute atomic E-state index is 12.8. The summed E-state index contributed by atoms with van der Waals surface area (Å²) in [7, 11) is 0. The second kappa shape index (κ2) is 8.74. The minimum absolute atomic E-state index is 0.00784. The van der Waals surface area contributed by atoms with Crippen molar-refractivity contribution in [1.29, 1.82) is 0 Å². The number of hydrogen-bond donors (Lipinski definition) is 2. The number of benzene rings is 3. The number of carbonyl (C=O) groups is 2. The number of aryl methyl sites for hydroxylation is 1. The molecule has 3 aromatic carbocycles. The highest BCUT2D eigenvalue weighted by Crippen LogP contribution is 2.44. The molecule has 0 heterocycles. The highest BCUT2D eigenvalue weighted by atomic mass is 16.5. The monoisotopic (exact) mass is 415 g/mol. The summed E-state index contributed by atoms with van der Waals surface area (Å²) in [6, 6.07) is 25.7. The van der Waals surface area contributed by atoms with Crippen LogP contribution in [0.25, 0.3) is 11.1 Å². The van der Waals surface area contributed by atoms with Gasteiger partial charge in [-0.15, -0.1) is 0 Å². The molecule has 3 N–H and O–H groups in total. The summed E-state index contributed by atoms with van der Waals surface area (Å²) < 4.78 is 5.52. The Hall–Kier alpha value is -3.44. The van der Waals surface area contributed by atoms with E-state index >= 15 is 0 Å². The summed E-state index contributed by atoms with van der Waals surface area (Å²) in [5, 5.41) is 9.68. The van der Waals surface area contributed by atoms with Gasteiger partial charge in [0.15, 0.2) is 0 Å². The Balaban J connectivity index is 1.45. The van der Waals surface area contributed by atoms with Crippen LogP contribution in [0, 0.1) is 0 Å². The quantitative estimate of drug-likeness (QED) is 0.426. The number of ether oxygens (including phenoxy) is 1. The van der Waals surface area contributed by atoms with E-state index in [1.165, 1.54) is 0 Å². The highest BCUT2D eigenvalue weighted by molar-refractivity contribution is 6.03. The second-order valence-corrected chi connectivity index (χ2v) is 7.94. The zero-order valence-electron chi connectivity index (χ0n) is 17.2. The molecule has 4 rings (SSSR count). The topological polar surface area (TPSA) is 89.6 Å². The van der Waals surface area contributed by atoms with Gasteiger partial charge in [-0.3, -0.25) is 0 Å². The molecule has 0 saturated heterocycles. The van der Waals surface area contributed by atoms with Crippen LogP contribution in [-0.2, 0) is 20.7 Å². The molecule has 0 aromatic heterocycles. The number of nitrogens with two attached hydrogens (primary N) is 1. The Morgan fingerprint density at radius 2 is 1.42 bits per heavy atom. The number of carbonyl (C=O) groups excluding carboxylic acids is 1. The summed E-state index contributed by atoms with van der Waals surface area (Å²) in [5.41, 5.74) is 9.41. The van der Waals surface area contributed by atoms with Crippen LogP contribution >= 0.6 is 0 Å². The van der Waals surface area contributed by atoms with Crippen LogP contribution in [0.2, 0.25) is 0 Å². The molecular weight excluding hydrogens is 390 g/mol. The summed E-state index contributed by atoms with van der Waals surface area (Å²) in [4.78, 5) is 24.7. The molecular formula is C26H25NO4. The van der Waals surface area contributed by atoms with Crippen LogP contribution in [-0.4, -0.2) is 29.2 Å². The molecule has 0 aliphatic heterocycles. The molecule has 1 unspecified atom stereocenters. The first-order chi connectivity index (χ1) is 15.0. The minimum atomic E-state index is -2.06. The fourth-order valence-corrected chi connectivity index (χ4v) is 4.24. The van der Waals surface area contributed by atoms with E-state index in [4.69, 9.17) is 10.5 Å². The van der Waals surface area contributed by atoms with Gasteiger partial charge in [-0.1, -0.05) is 78.9 Å². The minimum Gasteiger partial charge on any atom is -0.479 e. The van der Waals surface area contributed by atoms with Gasteiger partial charge in [-0.25, -0.2) is 9.59 Å². The van der Waals surface area contributed by atoms with Crippen molar-refractivity contribution in [1.82, 2.24) is 0 Å². The summed E-state index contributed by atoms with van der Waals surface area (Å²) in [6.45, 7) is 0.0533. The van der Waals surface area contributed by atoms with Crippen molar-refractivity contribution in [2.45, 2.75) is 30.7 Å². The predicted octanol–water partition coefficient (Wildman–Crippen LogP) is 4.15. The maximum Gasteiger partial charge on any atom is 0.337 e. The lowest BCUT2D eigenvalue weighted by atomic mass is 9.92. The Morgan fingerprint density at radius 1 is 0.871 bits per heavy atom. The number of fused-ring (bicyclic) bond motifs is 3. The van der Waals surface area contributed by atoms with E-state index in [1.54, 1.807) is 0 Å². The van der Waals surface area contributed by atoms with Gasteiger partial charge in [-0.05, 0) is 47.1 Å². The molecule has 0 spiro atoms. The molecule has 1 aliphatic carbocycles. The van der Waals surface area contributed by atoms with Gasteiger partial charge in [-0.2, -0.15) is 0 Å². The number of esters is 1. The molecule has 31 heavy (non-hydrogen) atoms. The fourth-order valence-electron chi connectivity index (χ4n) is 4.24. The van der Waals surface area contributed by atoms with Crippen molar-refractivity contribution in [2.75, 3.05) is 6.61 Å².